The summed E-state index contributed by atoms with van der Waals surface area (Å²) in [6, 6.07) is 10.1. The number of amides is 1. The second kappa shape index (κ2) is 6.55. The molecule has 0 bridgehead atoms. The van der Waals surface area contributed by atoms with E-state index < -0.39 is 0 Å². The molecule has 0 aliphatic carbocycles. The summed E-state index contributed by atoms with van der Waals surface area (Å²) in [4.78, 5) is 14.9. The van der Waals surface area contributed by atoms with E-state index in [1.165, 1.54) is 9.75 Å². The summed E-state index contributed by atoms with van der Waals surface area (Å²) in [5.41, 5.74) is 1.76. The zero-order valence-electron chi connectivity index (χ0n) is 11.9. The number of hydrogen-bond donors (Lipinski definition) is 1. The first-order valence-electron chi connectivity index (χ1n) is 6.58. The fraction of sp³-hybridized carbons (Fsp3) is 0.312. The molecule has 1 unspecified atom stereocenters. The molecule has 2 aromatic rings. The summed E-state index contributed by atoms with van der Waals surface area (Å²) in [6.45, 7) is 6.12. The number of halogens is 1. The van der Waals surface area contributed by atoms with Crippen LogP contribution in [0.15, 0.2) is 34.8 Å². The zero-order chi connectivity index (χ0) is 14.7. The van der Waals surface area contributed by atoms with Gasteiger partial charge in [0.05, 0.1) is 5.56 Å². The standard InChI is InChI=1S/C16H18BrNOS/c1-10-5-4-6-14(15(10)17)16(19)18-11(2)9-13-8-7-12(3)20-13/h4-8,11H,9H2,1-3H3,(H,18,19). The third kappa shape index (κ3) is 3.70. The van der Waals surface area contributed by atoms with Crippen LogP contribution in [0.4, 0.5) is 0 Å². The van der Waals surface area contributed by atoms with Gasteiger partial charge in [-0.2, -0.15) is 0 Å². The van der Waals surface area contributed by atoms with Crippen molar-refractivity contribution in [2.75, 3.05) is 0 Å². The molecule has 0 saturated carbocycles. The van der Waals surface area contributed by atoms with Crippen LogP contribution in [-0.4, -0.2) is 11.9 Å². The molecule has 2 rings (SSSR count). The van der Waals surface area contributed by atoms with Crippen LogP contribution >= 0.6 is 27.3 Å². The zero-order valence-corrected chi connectivity index (χ0v) is 14.3. The van der Waals surface area contributed by atoms with Gasteiger partial charge in [-0.1, -0.05) is 12.1 Å². The van der Waals surface area contributed by atoms with E-state index in [0.29, 0.717) is 5.56 Å². The number of benzene rings is 1. The summed E-state index contributed by atoms with van der Waals surface area (Å²) in [5.74, 6) is -0.0265. The van der Waals surface area contributed by atoms with Gasteiger partial charge in [-0.25, -0.2) is 0 Å². The van der Waals surface area contributed by atoms with Gasteiger partial charge in [0.1, 0.15) is 0 Å². The highest BCUT2D eigenvalue weighted by molar-refractivity contribution is 9.10. The lowest BCUT2D eigenvalue weighted by Crippen LogP contribution is -2.34. The molecule has 20 heavy (non-hydrogen) atoms. The summed E-state index contributed by atoms with van der Waals surface area (Å²) >= 11 is 5.27. The molecule has 1 heterocycles. The number of hydrogen-bond acceptors (Lipinski definition) is 2. The molecule has 0 aliphatic rings. The molecule has 1 atom stereocenters. The minimum absolute atomic E-state index is 0.0265. The topological polar surface area (TPSA) is 29.1 Å². The molecule has 0 fully saturated rings. The highest BCUT2D eigenvalue weighted by Gasteiger charge is 2.14. The number of nitrogens with one attached hydrogen (secondary N) is 1. The van der Waals surface area contributed by atoms with E-state index in [0.717, 1.165) is 16.5 Å². The first kappa shape index (κ1) is 15.3. The number of carbonyl (C=O) groups excluding carboxylic acids is 1. The van der Waals surface area contributed by atoms with E-state index >= 15 is 0 Å². The number of carbonyl (C=O) groups is 1. The Morgan fingerprint density at radius 2 is 2.05 bits per heavy atom. The Morgan fingerprint density at radius 1 is 1.30 bits per heavy atom. The number of rotatable bonds is 4. The van der Waals surface area contributed by atoms with Crippen molar-refractivity contribution in [2.24, 2.45) is 0 Å². The van der Waals surface area contributed by atoms with E-state index in [9.17, 15) is 4.79 Å². The van der Waals surface area contributed by atoms with Gasteiger partial charge in [0.25, 0.3) is 5.91 Å². The third-order valence-corrected chi connectivity index (χ3v) is 5.19. The quantitative estimate of drug-likeness (QED) is 0.863. The maximum Gasteiger partial charge on any atom is 0.252 e. The van der Waals surface area contributed by atoms with Crippen LogP contribution in [0.5, 0.6) is 0 Å². The lowest BCUT2D eigenvalue weighted by Gasteiger charge is -2.14. The summed E-state index contributed by atoms with van der Waals surface area (Å²) < 4.78 is 0.872. The van der Waals surface area contributed by atoms with Gasteiger partial charge in [-0.3, -0.25) is 4.79 Å². The van der Waals surface area contributed by atoms with Crippen LogP contribution in [0.2, 0.25) is 0 Å². The van der Waals surface area contributed by atoms with E-state index in [1.807, 2.05) is 32.0 Å². The predicted octanol–water partition coefficient (Wildman–Crippen LogP) is 4.49. The molecular formula is C16H18BrNOS. The average molecular weight is 352 g/mol. The molecule has 2 nitrogen and oxygen atoms in total. The maximum absolute atomic E-state index is 12.3. The van der Waals surface area contributed by atoms with Gasteiger partial charge in [0.2, 0.25) is 0 Å². The first-order chi connectivity index (χ1) is 9.47. The average Bonchev–Trinajstić information content (AvgIpc) is 2.77. The van der Waals surface area contributed by atoms with Crippen molar-refractivity contribution < 1.29 is 4.79 Å². The Morgan fingerprint density at radius 3 is 2.70 bits per heavy atom. The molecule has 0 aliphatic heterocycles. The Hall–Kier alpha value is -1.13. The lowest BCUT2D eigenvalue weighted by molar-refractivity contribution is 0.0939. The van der Waals surface area contributed by atoms with Gasteiger partial charge in [-0.05, 0) is 60.5 Å². The van der Waals surface area contributed by atoms with E-state index in [2.05, 4.69) is 40.3 Å². The fourth-order valence-electron chi connectivity index (χ4n) is 2.07. The smallest absolute Gasteiger partial charge is 0.252 e. The van der Waals surface area contributed by atoms with Crippen molar-refractivity contribution in [1.82, 2.24) is 5.32 Å². The summed E-state index contributed by atoms with van der Waals surface area (Å²) in [6.07, 6.45) is 0.869. The van der Waals surface area contributed by atoms with Crippen molar-refractivity contribution in [1.29, 1.82) is 0 Å². The summed E-state index contributed by atoms with van der Waals surface area (Å²) in [7, 11) is 0. The van der Waals surface area contributed by atoms with Crippen LogP contribution in [0.1, 0.15) is 32.6 Å². The molecule has 4 heteroatoms. The molecule has 106 valence electrons. The first-order valence-corrected chi connectivity index (χ1v) is 8.19. The van der Waals surface area contributed by atoms with Crippen LogP contribution in [0.25, 0.3) is 0 Å². The molecule has 1 aromatic carbocycles. The van der Waals surface area contributed by atoms with E-state index in [4.69, 9.17) is 0 Å². The largest absolute Gasteiger partial charge is 0.349 e. The number of thiophene rings is 1. The SMILES string of the molecule is Cc1ccc(CC(C)NC(=O)c2cccc(C)c2Br)s1. The van der Waals surface area contributed by atoms with Gasteiger partial charge < -0.3 is 5.32 Å². The summed E-state index contributed by atoms with van der Waals surface area (Å²) in [5, 5.41) is 3.06. The Balaban J connectivity index is 2.02. The predicted molar refractivity (Wildman–Crippen MR) is 88.6 cm³/mol. The van der Waals surface area contributed by atoms with Crippen molar-refractivity contribution in [3.8, 4) is 0 Å². The Kier molecular flexibility index (Phi) is 5.00. The maximum atomic E-state index is 12.3. The van der Waals surface area contributed by atoms with Crippen molar-refractivity contribution in [3.05, 3.63) is 55.7 Å². The van der Waals surface area contributed by atoms with E-state index in [1.54, 1.807) is 11.3 Å². The van der Waals surface area contributed by atoms with Gasteiger partial charge >= 0.3 is 0 Å². The highest BCUT2D eigenvalue weighted by atomic mass is 79.9. The molecule has 0 spiro atoms. The second-order valence-corrected chi connectivity index (χ2v) is 7.19. The Bertz CT molecular complexity index is 621. The Labute approximate surface area is 132 Å². The van der Waals surface area contributed by atoms with Gasteiger partial charge in [0.15, 0.2) is 0 Å². The minimum atomic E-state index is -0.0265. The van der Waals surface area contributed by atoms with Gasteiger partial charge in [0, 0.05) is 26.7 Å². The van der Waals surface area contributed by atoms with Crippen molar-refractivity contribution in [3.63, 3.8) is 0 Å². The molecule has 0 radical (unpaired) electrons. The molecular weight excluding hydrogens is 334 g/mol. The second-order valence-electron chi connectivity index (χ2n) is 5.03. The normalized spacial score (nSPS) is 12.2. The molecule has 1 amide bonds. The van der Waals surface area contributed by atoms with Crippen molar-refractivity contribution in [2.45, 2.75) is 33.2 Å². The monoisotopic (exact) mass is 351 g/mol. The lowest BCUT2D eigenvalue weighted by atomic mass is 10.1. The van der Waals surface area contributed by atoms with Crippen LogP contribution in [-0.2, 0) is 6.42 Å². The van der Waals surface area contributed by atoms with E-state index in [-0.39, 0.29) is 11.9 Å². The minimum Gasteiger partial charge on any atom is -0.349 e. The fourth-order valence-corrected chi connectivity index (χ4v) is 3.54. The van der Waals surface area contributed by atoms with Crippen molar-refractivity contribution >= 4 is 33.2 Å². The molecule has 1 aromatic heterocycles. The van der Waals surface area contributed by atoms with Crippen LogP contribution in [0.3, 0.4) is 0 Å². The number of aryl methyl sites for hydroxylation is 2. The van der Waals surface area contributed by atoms with Crippen LogP contribution in [0, 0.1) is 13.8 Å². The third-order valence-electron chi connectivity index (χ3n) is 3.12. The highest BCUT2D eigenvalue weighted by Crippen LogP contribution is 2.21. The van der Waals surface area contributed by atoms with Gasteiger partial charge in [-0.15, -0.1) is 11.3 Å². The molecule has 1 N–H and O–H groups in total. The van der Waals surface area contributed by atoms with Crippen LogP contribution < -0.4 is 5.32 Å². The molecule has 0 saturated heterocycles.